The summed E-state index contributed by atoms with van der Waals surface area (Å²) in [5, 5.41) is 11.2. The quantitative estimate of drug-likeness (QED) is 0.330. The Bertz CT molecular complexity index is 1160. The first-order chi connectivity index (χ1) is 15.4. The van der Waals surface area contributed by atoms with Crippen LogP contribution in [0.3, 0.4) is 0 Å². The number of hydrogen-bond donors (Lipinski definition) is 2. The first-order valence-corrected chi connectivity index (χ1v) is 10.3. The van der Waals surface area contributed by atoms with Crippen LogP contribution in [0, 0.1) is 12.3 Å². The summed E-state index contributed by atoms with van der Waals surface area (Å²) >= 11 is 5.93. The van der Waals surface area contributed by atoms with E-state index in [9.17, 15) is 9.90 Å². The Balaban J connectivity index is 1.39. The minimum absolute atomic E-state index is 0.0155. The first kappa shape index (κ1) is 21.9. The van der Waals surface area contributed by atoms with E-state index in [4.69, 9.17) is 38.0 Å². The summed E-state index contributed by atoms with van der Waals surface area (Å²) in [5.74, 6) is 2.65. The fourth-order valence-electron chi connectivity index (χ4n) is 3.59. The second-order valence-corrected chi connectivity index (χ2v) is 7.66. The third-order valence-corrected chi connectivity index (χ3v) is 5.47. The lowest BCUT2D eigenvalue weighted by Gasteiger charge is -2.26. The van der Waals surface area contributed by atoms with Gasteiger partial charge in [0.05, 0.1) is 12.0 Å². The van der Waals surface area contributed by atoms with Gasteiger partial charge in [0, 0.05) is 19.0 Å². The van der Waals surface area contributed by atoms with Gasteiger partial charge in [-0.05, 0) is 23.2 Å². The van der Waals surface area contributed by atoms with E-state index in [0.29, 0.717) is 17.5 Å². The van der Waals surface area contributed by atoms with Crippen molar-refractivity contribution in [2.45, 2.75) is 30.8 Å². The molecule has 4 rings (SSSR count). The van der Waals surface area contributed by atoms with Gasteiger partial charge in [0.15, 0.2) is 5.60 Å². The number of hydrogen-bond acceptors (Lipinski definition) is 8. The molecule has 3 heterocycles. The van der Waals surface area contributed by atoms with Gasteiger partial charge in [-0.3, -0.25) is 0 Å². The zero-order chi connectivity index (χ0) is 22.7. The van der Waals surface area contributed by atoms with Crippen molar-refractivity contribution in [1.82, 2.24) is 14.5 Å². The number of ether oxygens (including phenoxy) is 3. The highest BCUT2D eigenvalue weighted by Crippen LogP contribution is 2.39. The Morgan fingerprint density at radius 1 is 1.34 bits per heavy atom. The second-order valence-electron chi connectivity index (χ2n) is 7.32. The molecule has 1 aromatic carbocycles. The molecule has 0 aliphatic carbocycles. The number of nitrogen functional groups attached to an aromatic ring is 1. The molecule has 3 N–H and O–H groups in total. The molecule has 1 aliphatic rings. The van der Waals surface area contributed by atoms with Crippen molar-refractivity contribution < 1.29 is 24.1 Å². The van der Waals surface area contributed by atoms with E-state index < -0.39 is 24.1 Å². The summed E-state index contributed by atoms with van der Waals surface area (Å²) < 4.78 is 17.9. The number of benzene rings is 1. The molecule has 1 saturated heterocycles. The smallest absolute Gasteiger partial charge is 0.434 e. The molecule has 32 heavy (non-hydrogen) atoms. The van der Waals surface area contributed by atoms with Gasteiger partial charge in [-0.1, -0.05) is 36.3 Å². The van der Waals surface area contributed by atoms with Crippen molar-refractivity contribution >= 4 is 34.6 Å². The van der Waals surface area contributed by atoms with Crippen LogP contribution in [0.1, 0.15) is 18.2 Å². The van der Waals surface area contributed by atoms with Crippen LogP contribution in [0.2, 0.25) is 5.28 Å². The maximum atomic E-state index is 12.0. The van der Waals surface area contributed by atoms with Crippen LogP contribution in [0.4, 0.5) is 10.6 Å². The van der Waals surface area contributed by atoms with E-state index in [2.05, 4.69) is 15.9 Å². The number of halogens is 1. The van der Waals surface area contributed by atoms with Gasteiger partial charge in [-0.25, -0.2) is 9.78 Å². The normalized spacial score (nSPS) is 22.5. The lowest BCUT2D eigenvalue weighted by Crippen LogP contribution is -2.43. The maximum absolute atomic E-state index is 12.0. The van der Waals surface area contributed by atoms with Crippen LogP contribution >= 0.6 is 11.6 Å². The summed E-state index contributed by atoms with van der Waals surface area (Å²) in [5.41, 5.74) is 5.82. The Morgan fingerprint density at radius 2 is 2.12 bits per heavy atom. The van der Waals surface area contributed by atoms with Crippen LogP contribution < -0.4 is 5.73 Å². The third-order valence-electron chi connectivity index (χ3n) is 5.30. The summed E-state index contributed by atoms with van der Waals surface area (Å²) in [7, 11) is 0. The number of carbonyl (C=O) groups is 1. The van der Waals surface area contributed by atoms with Gasteiger partial charge in [-0.2, -0.15) is 4.98 Å². The monoisotopic (exact) mass is 456 g/mol. The van der Waals surface area contributed by atoms with Crippen LogP contribution in [-0.4, -0.2) is 50.7 Å². The van der Waals surface area contributed by atoms with E-state index in [-0.39, 0.29) is 30.7 Å². The van der Waals surface area contributed by atoms with E-state index in [0.717, 1.165) is 5.56 Å². The predicted octanol–water partition coefficient (Wildman–Crippen LogP) is 2.71. The van der Waals surface area contributed by atoms with Crippen molar-refractivity contribution in [3.8, 4) is 12.3 Å². The number of carbonyl (C=O) groups excluding carboxylic acids is 1. The molecule has 0 radical (unpaired) electrons. The highest BCUT2D eigenvalue weighted by atomic mass is 35.5. The van der Waals surface area contributed by atoms with E-state index in [1.165, 1.54) is 0 Å². The zero-order valence-electron chi connectivity index (χ0n) is 17.0. The first-order valence-electron chi connectivity index (χ1n) is 9.88. The molecule has 1 aliphatic heterocycles. The second kappa shape index (κ2) is 9.04. The van der Waals surface area contributed by atoms with Crippen molar-refractivity contribution in [3.63, 3.8) is 0 Å². The summed E-state index contributed by atoms with van der Waals surface area (Å²) in [6, 6.07) is 11.3. The van der Waals surface area contributed by atoms with Gasteiger partial charge >= 0.3 is 6.16 Å². The van der Waals surface area contributed by atoms with Crippen LogP contribution in [0.25, 0.3) is 11.0 Å². The number of nitrogens with two attached hydrogens (primary N) is 1. The summed E-state index contributed by atoms with van der Waals surface area (Å²) in [6.07, 6.45) is 5.36. The molecular weight excluding hydrogens is 436 g/mol. The average Bonchev–Trinajstić information content (AvgIpc) is 3.34. The summed E-state index contributed by atoms with van der Waals surface area (Å²) in [6.45, 7) is -0.225. The van der Waals surface area contributed by atoms with Crippen molar-refractivity contribution in [1.29, 1.82) is 0 Å². The number of rotatable bonds is 6. The van der Waals surface area contributed by atoms with Crippen LogP contribution in [0.15, 0.2) is 42.6 Å². The molecular formula is C22H21ClN4O5. The number of aliphatic hydroxyl groups excluding tert-OH is 1. The molecule has 1 fully saturated rings. The van der Waals surface area contributed by atoms with Crippen LogP contribution in [0.5, 0.6) is 0 Å². The molecule has 2 aromatic heterocycles. The van der Waals surface area contributed by atoms with Crippen molar-refractivity contribution in [3.05, 3.63) is 53.4 Å². The fraction of sp³-hybridized carbons (Fsp3) is 0.318. The molecule has 0 amide bonds. The molecule has 10 heteroatoms. The van der Waals surface area contributed by atoms with Gasteiger partial charge in [0.25, 0.3) is 0 Å². The highest BCUT2D eigenvalue weighted by molar-refractivity contribution is 6.28. The maximum Gasteiger partial charge on any atom is 0.508 e. The highest BCUT2D eigenvalue weighted by Gasteiger charge is 2.49. The number of aromatic nitrogens is 3. The Morgan fingerprint density at radius 3 is 2.88 bits per heavy atom. The van der Waals surface area contributed by atoms with Gasteiger partial charge < -0.3 is 29.6 Å². The van der Waals surface area contributed by atoms with Crippen molar-refractivity contribution in [2.75, 3.05) is 18.9 Å². The minimum atomic E-state index is -1.54. The lowest BCUT2D eigenvalue weighted by atomic mass is 9.99. The van der Waals surface area contributed by atoms with Gasteiger partial charge in [-0.15, -0.1) is 6.42 Å². The molecule has 0 unspecified atom stereocenters. The number of aliphatic hydroxyl groups is 1. The van der Waals surface area contributed by atoms with Gasteiger partial charge in [0.1, 0.15) is 30.4 Å². The molecule has 0 spiro atoms. The van der Waals surface area contributed by atoms with Gasteiger partial charge in [0.2, 0.25) is 5.28 Å². The largest absolute Gasteiger partial charge is 0.508 e. The molecule has 0 saturated carbocycles. The average molecular weight is 457 g/mol. The fourth-order valence-corrected chi connectivity index (χ4v) is 3.76. The standard InChI is InChI=1S/C22H21ClN4O5/c1-2-22(13-31-21(29)30-11-9-14-6-4-3-5-7-14)16(28)12-17(32-22)27-10-8-15-18(24)25-20(23)26-19(15)27/h1,3-8,10,16-17,28H,9,11-13H2,(H2,24,25,26)/t16-,17+,22+/m0/s1. The Labute approximate surface area is 189 Å². The zero-order valence-corrected chi connectivity index (χ0v) is 17.7. The number of nitrogens with zero attached hydrogens (tertiary/aromatic N) is 3. The third kappa shape index (κ3) is 4.34. The Hall–Kier alpha value is -3.32. The molecule has 3 aromatic rings. The number of terminal acetylenes is 1. The molecule has 166 valence electrons. The molecule has 3 atom stereocenters. The predicted molar refractivity (Wildman–Crippen MR) is 117 cm³/mol. The number of fused-ring (bicyclic) bond motifs is 1. The SMILES string of the molecule is C#C[C@]1(COC(=O)OCCc2ccccc2)O[C@@H](n2ccc3c(N)nc(Cl)nc32)C[C@@H]1O. The minimum Gasteiger partial charge on any atom is -0.434 e. The topological polar surface area (TPSA) is 122 Å². The number of anilines is 1. The van der Waals surface area contributed by atoms with Crippen molar-refractivity contribution in [2.24, 2.45) is 0 Å². The molecule has 9 nitrogen and oxygen atoms in total. The van der Waals surface area contributed by atoms with Crippen LogP contribution in [-0.2, 0) is 20.6 Å². The Kier molecular flexibility index (Phi) is 6.19. The van der Waals surface area contributed by atoms with E-state index in [1.807, 2.05) is 30.3 Å². The van der Waals surface area contributed by atoms with E-state index in [1.54, 1.807) is 16.8 Å². The summed E-state index contributed by atoms with van der Waals surface area (Å²) in [4.78, 5) is 20.1. The lowest BCUT2D eigenvalue weighted by molar-refractivity contribution is -0.0977. The van der Waals surface area contributed by atoms with E-state index >= 15 is 0 Å². The molecule has 0 bridgehead atoms.